The van der Waals surface area contributed by atoms with Gasteiger partial charge in [-0.2, -0.15) is 0 Å². The third-order valence-corrected chi connectivity index (χ3v) is 2.23. The Labute approximate surface area is 83.1 Å². The van der Waals surface area contributed by atoms with E-state index in [2.05, 4.69) is 19.2 Å². The zero-order chi connectivity index (χ0) is 9.94. The summed E-state index contributed by atoms with van der Waals surface area (Å²) in [5, 5.41) is 3.55. The first kappa shape index (κ1) is 12.9. The second kappa shape index (κ2) is 10.0. The smallest absolute Gasteiger partial charge is 0.0477 e. The SMILES string of the molecule is CCCC(CC)NCCCOCC. The fourth-order valence-corrected chi connectivity index (χ4v) is 1.42. The Hall–Kier alpha value is -0.0800. The zero-order valence-corrected chi connectivity index (χ0v) is 9.44. The molecule has 0 aliphatic heterocycles. The summed E-state index contributed by atoms with van der Waals surface area (Å²) in [7, 11) is 0. The molecule has 80 valence electrons. The predicted molar refractivity (Wildman–Crippen MR) is 58.1 cm³/mol. The minimum absolute atomic E-state index is 0.714. The molecule has 1 atom stereocenters. The van der Waals surface area contributed by atoms with E-state index in [1.807, 2.05) is 6.92 Å². The second-order valence-electron chi connectivity index (χ2n) is 3.40. The van der Waals surface area contributed by atoms with Crippen LogP contribution in [0.15, 0.2) is 0 Å². The topological polar surface area (TPSA) is 21.3 Å². The molecule has 0 aromatic rings. The molecule has 0 saturated heterocycles. The van der Waals surface area contributed by atoms with Crippen molar-refractivity contribution in [3.05, 3.63) is 0 Å². The molecule has 0 heterocycles. The van der Waals surface area contributed by atoms with Crippen LogP contribution < -0.4 is 5.32 Å². The average molecular weight is 187 g/mol. The number of nitrogens with one attached hydrogen (secondary N) is 1. The van der Waals surface area contributed by atoms with Crippen molar-refractivity contribution in [3.8, 4) is 0 Å². The fourth-order valence-electron chi connectivity index (χ4n) is 1.42. The van der Waals surface area contributed by atoms with E-state index in [0.717, 1.165) is 26.2 Å². The van der Waals surface area contributed by atoms with Crippen LogP contribution in [0.1, 0.15) is 46.5 Å². The monoisotopic (exact) mass is 187 g/mol. The van der Waals surface area contributed by atoms with Gasteiger partial charge >= 0.3 is 0 Å². The normalized spacial score (nSPS) is 13.2. The number of hydrogen-bond acceptors (Lipinski definition) is 2. The van der Waals surface area contributed by atoms with Crippen LogP contribution in [-0.4, -0.2) is 25.8 Å². The van der Waals surface area contributed by atoms with Crippen LogP contribution in [0, 0.1) is 0 Å². The van der Waals surface area contributed by atoms with Gasteiger partial charge in [-0.05, 0) is 32.7 Å². The lowest BCUT2D eigenvalue weighted by atomic mass is 10.1. The highest BCUT2D eigenvalue weighted by Gasteiger charge is 2.02. The van der Waals surface area contributed by atoms with Gasteiger partial charge in [0.05, 0.1) is 0 Å². The lowest BCUT2D eigenvalue weighted by Gasteiger charge is -2.15. The van der Waals surface area contributed by atoms with Gasteiger partial charge in [-0.25, -0.2) is 0 Å². The van der Waals surface area contributed by atoms with Gasteiger partial charge in [0, 0.05) is 19.3 Å². The van der Waals surface area contributed by atoms with Crippen molar-refractivity contribution in [2.45, 2.75) is 52.5 Å². The van der Waals surface area contributed by atoms with Crippen LogP contribution in [0.3, 0.4) is 0 Å². The van der Waals surface area contributed by atoms with E-state index in [1.54, 1.807) is 0 Å². The van der Waals surface area contributed by atoms with E-state index in [0.29, 0.717) is 6.04 Å². The molecule has 0 rings (SSSR count). The summed E-state index contributed by atoms with van der Waals surface area (Å²) in [6.07, 6.45) is 4.94. The molecule has 0 saturated carbocycles. The first-order valence-corrected chi connectivity index (χ1v) is 5.66. The molecule has 0 radical (unpaired) electrons. The molecule has 1 N–H and O–H groups in total. The van der Waals surface area contributed by atoms with E-state index >= 15 is 0 Å². The molecule has 0 aromatic heterocycles. The quantitative estimate of drug-likeness (QED) is 0.560. The minimum atomic E-state index is 0.714. The second-order valence-corrected chi connectivity index (χ2v) is 3.40. The maximum absolute atomic E-state index is 5.27. The van der Waals surface area contributed by atoms with Gasteiger partial charge in [-0.1, -0.05) is 20.3 Å². The van der Waals surface area contributed by atoms with Gasteiger partial charge in [0.25, 0.3) is 0 Å². The Morgan fingerprint density at radius 2 is 2.00 bits per heavy atom. The molecular weight excluding hydrogens is 162 g/mol. The molecule has 2 heteroatoms. The molecule has 0 spiro atoms. The third kappa shape index (κ3) is 8.26. The van der Waals surface area contributed by atoms with Crippen molar-refractivity contribution in [1.29, 1.82) is 0 Å². The summed E-state index contributed by atoms with van der Waals surface area (Å²) in [4.78, 5) is 0. The van der Waals surface area contributed by atoms with E-state index in [-0.39, 0.29) is 0 Å². The molecule has 0 aliphatic rings. The third-order valence-electron chi connectivity index (χ3n) is 2.23. The van der Waals surface area contributed by atoms with Crippen LogP contribution in [0.4, 0.5) is 0 Å². The molecule has 0 bridgehead atoms. The lowest BCUT2D eigenvalue weighted by Crippen LogP contribution is -2.29. The maximum Gasteiger partial charge on any atom is 0.0477 e. The van der Waals surface area contributed by atoms with Crippen LogP contribution >= 0.6 is 0 Å². The van der Waals surface area contributed by atoms with Crippen LogP contribution in [0.5, 0.6) is 0 Å². The molecule has 0 fully saturated rings. The van der Waals surface area contributed by atoms with Crippen molar-refractivity contribution in [3.63, 3.8) is 0 Å². The average Bonchev–Trinajstić information content (AvgIpc) is 2.16. The summed E-state index contributed by atoms with van der Waals surface area (Å²) in [6.45, 7) is 9.36. The van der Waals surface area contributed by atoms with Crippen molar-refractivity contribution < 1.29 is 4.74 Å². The molecule has 2 nitrogen and oxygen atoms in total. The van der Waals surface area contributed by atoms with Gasteiger partial charge in [0.2, 0.25) is 0 Å². The Morgan fingerprint density at radius 3 is 2.54 bits per heavy atom. The molecule has 1 unspecified atom stereocenters. The zero-order valence-electron chi connectivity index (χ0n) is 9.44. The highest BCUT2D eigenvalue weighted by atomic mass is 16.5. The molecule has 0 aliphatic carbocycles. The first-order chi connectivity index (χ1) is 6.35. The number of hydrogen-bond donors (Lipinski definition) is 1. The van der Waals surface area contributed by atoms with Crippen LogP contribution in [0.25, 0.3) is 0 Å². The van der Waals surface area contributed by atoms with Gasteiger partial charge in [-0.15, -0.1) is 0 Å². The molecular formula is C11H25NO. The first-order valence-electron chi connectivity index (χ1n) is 5.66. The highest BCUT2D eigenvalue weighted by Crippen LogP contribution is 2.00. The van der Waals surface area contributed by atoms with Gasteiger partial charge < -0.3 is 10.1 Å². The number of ether oxygens (including phenoxy) is 1. The van der Waals surface area contributed by atoms with Crippen LogP contribution in [0.2, 0.25) is 0 Å². The van der Waals surface area contributed by atoms with E-state index < -0.39 is 0 Å². The van der Waals surface area contributed by atoms with Crippen molar-refractivity contribution in [2.24, 2.45) is 0 Å². The van der Waals surface area contributed by atoms with Crippen molar-refractivity contribution in [1.82, 2.24) is 5.32 Å². The van der Waals surface area contributed by atoms with Crippen molar-refractivity contribution in [2.75, 3.05) is 19.8 Å². The molecule has 0 amide bonds. The summed E-state index contributed by atoms with van der Waals surface area (Å²) < 4.78 is 5.27. The van der Waals surface area contributed by atoms with Gasteiger partial charge in [0.15, 0.2) is 0 Å². The molecule has 13 heavy (non-hydrogen) atoms. The predicted octanol–water partition coefficient (Wildman–Crippen LogP) is 2.58. The Balaban J connectivity index is 3.17. The summed E-state index contributed by atoms with van der Waals surface area (Å²) in [6, 6.07) is 0.714. The van der Waals surface area contributed by atoms with E-state index in [9.17, 15) is 0 Å². The van der Waals surface area contributed by atoms with Gasteiger partial charge in [-0.3, -0.25) is 0 Å². The largest absolute Gasteiger partial charge is 0.382 e. The van der Waals surface area contributed by atoms with Crippen LogP contribution in [-0.2, 0) is 4.74 Å². The maximum atomic E-state index is 5.27. The summed E-state index contributed by atoms with van der Waals surface area (Å²) >= 11 is 0. The summed E-state index contributed by atoms with van der Waals surface area (Å²) in [5.41, 5.74) is 0. The Bertz CT molecular complexity index is 96.1. The minimum Gasteiger partial charge on any atom is -0.382 e. The highest BCUT2D eigenvalue weighted by molar-refractivity contribution is 4.63. The number of rotatable bonds is 9. The Morgan fingerprint density at radius 1 is 1.23 bits per heavy atom. The Kier molecular flexibility index (Phi) is 9.94. The van der Waals surface area contributed by atoms with Crippen molar-refractivity contribution >= 4 is 0 Å². The molecule has 0 aromatic carbocycles. The van der Waals surface area contributed by atoms with Gasteiger partial charge in [0.1, 0.15) is 0 Å². The van der Waals surface area contributed by atoms with E-state index in [4.69, 9.17) is 4.74 Å². The summed E-state index contributed by atoms with van der Waals surface area (Å²) in [5.74, 6) is 0. The lowest BCUT2D eigenvalue weighted by molar-refractivity contribution is 0.144. The fraction of sp³-hybridized carbons (Fsp3) is 1.00. The standard InChI is InChI=1S/C11H25NO/c1-4-8-11(5-2)12-9-7-10-13-6-3/h11-12H,4-10H2,1-3H3. The van der Waals surface area contributed by atoms with E-state index in [1.165, 1.54) is 19.3 Å².